The van der Waals surface area contributed by atoms with E-state index in [-0.39, 0.29) is 10.8 Å². The fourth-order valence-corrected chi connectivity index (χ4v) is 6.20. The second-order valence-corrected chi connectivity index (χ2v) is 13.3. The first-order chi connectivity index (χ1) is 19.4. The molecule has 3 aromatic carbocycles. The van der Waals surface area contributed by atoms with Crippen LogP contribution in [0, 0.1) is 18.3 Å². The number of para-hydroxylation sites is 1. The minimum Gasteiger partial charge on any atom is -0.307 e. The topological polar surface area (TPSA) is 70.8 Å². The summed E-state index contributed by atoms with van der Waals surface area (Å²) in [6.07, 6.45) is 2.13. The molecule has 0 spiro atoms. The number of aromatic nitrogens is 5. The van der Waals surface area contributed by atoms with Gasteiger partial charge in [-0.1, -0.05) is 59.7 Å². The van der Waals surface area contributed by atoms with Gasteiger partial charge in [0.25, 0.3) is 0 Å². The van der Waals surface area contributed by atoms with Gasteiger partial charge in [0.2, 0.25) is 5.52 Å². The van der Waals surface area contributed by atoms with E-state index in [2.05, 4.69) is 119 Å². The molecule has 0 fully saturated rings. The Morgan fingerprint density at radius 3 is 2.15 bits per heavy atom. The number of aryl methyl sites for hydroxylation is 2. The lowest BCUT2D eigenvalue weighted by atomic mass is 9.92. The highest BCUT2D eigenvalue weighted by Gasteiger charge is 2.28. The Labute approximate surface area is 239 Å². The highest BCUT2D eigenvalue weighted by Crippen LogP contribution is 2.43. The smallest absolute Gasteiger partial charge is 0.224 e. The molecule has 0 radical (unpaired) electrons. The van der Waals surface area contributed by atoms with Crippen molar-refractivity contribution in [2.75, 3.05) is 0 Å². The van der Waals surface area contributed by atoms with Crippen LogP contribution >= 0.6 is 0 Å². The van der Waals surface area contributed by atoms with Crippen molar-refractivity contribution < 1.29 is 4.57 Å². The molecule has 6 heteroatoms. The number of pyridine rings is 2. The van der Waals surface area contributed by atoms with Crippen molar-refractivity contribution in [3.05, 3.63) is 77.5 Å². The van der Waals surface area contributed by atoms with E-state index >= 15 is 0 Å². The quantitative estimate of drug-likeness (QED) is 0.124. The molecule has 0 N–H and O–H groups in total. The predicted octanol–water partition coefficient (Wildman–Crippen LogP) is 7.44. The molecule has 0 unspecified atom stereocenters. The molecule has 7 aromatic rings. The summed E-state index contributed by atoms with van der Waals surface area (Å²) in [5.41, 5.74) is 6.70. The van der Waals surface area contributed by atoms with Crippen molar-refractivity contribution in [2.45, 2.75) is 59.3 Å². The highest BCUT2D eigenvalue weighted by atomic mass is 15.1. The van der Waals surface area contributed by atoms with Gasteiger partial charge in [0.05, 0.1) is 39.0 Å². The van der Waals surface area contributed by atoms with Crippen LogP contribution in [0.15, 0.2) is 54.7 Å². The van der Waals surface area contributed by atoms with Crippen molar-refractivity contribution in [3.8, 4) is 17.5 Å². The zero-order valence-electron chi connectivity index (χ0n) is 24.9. The van der Waals surface area contributed by atoms with Gasteiger partial charge in [-0.2, -0.15) is 5.26 Å². The Morgan fingerprint density at radius 2 is 1.49 bits per heavy atom. The molecule has 0 saturated heterocycles. The van der Waals surface area contributed by atoms with E-state index in [1.807, 2.05) is 6.07 Å². The van der Waals surface area contributed by atoms with Gasteiger partial charge in [-0.25, -0.2) is 19.5 Å². The lowest BCUT2D eigenvalue weighted by Crippen LogP contribution is -2.29. The number of nitriles is 1. The Morgan fingerprint density at radius 1 is 0.805 bits per heavy atom. The Hall–Kier alpha value is -4.63. The standard InChI is InChI=1S/C35H33N6/c1-19-15-22(18-36)27-23-11-9-10-12-24(23)41-25-17-21(16-20-13-14-40(8)29(28(20)25)26(19)30(27)41)31-37-32(34(2,3)4)39-33(38-31)35(5,6)7/h9-17H,1-8H3/q+1. The lowest BCUT2D eigenvalue weighted by molar-refractivity contribution is -0.643. The van der Waals surface area contributed by atoms with Crippen LogP contribution in [0.2, 0.25) is 0 Å². The van der Waals surface area contributed by atoms with Crippen LogP contribution in [-0.4, -0.2) is 19.4 Å². The fraction of sp³-hybridized carbons (Fsp3) is 0.286. The summed E-state index contributed by atoms with van der Waals surface area (Å²) < 4.78 is 4.56. The number of hydrogen-bond donors (Lipinski definition) is 0. The number of benzene rings is 3. The van der Waals surface area contributed by atoms with Gasteiger partial charge >= 0.3 is 0 Å². The molecule has 0 atom stereocenters. The lowest BCUT2D eigenvalue weighted by Gasteiger charge is -2.23. The van der Waals surface area contributed by atoms with Crippen molar-refractivity contribution in [2.24, 2.45) is 7.05 Å². The van der Waals surface area contributed by atoms with Crippen molar-refractivity contribution in [1.29, 1.82) is 5.26 Å². The molecule has 7 rings (SSSR count). The van der Waals surface area contributed by atoms with E-state index in [0.29, 0.717) is 11.4 Å². The number of hydrogen-bond acceptors (Lipinski definition) is 4. The van der Waals surface area contributed by atoms with Crippen LogP contribution in [0.1, 0.15) is 64.3 Å². The van der Waals surface area contributed by atoms with Gasteiger partial charge in [0, 0.05) is 33.2 Å². The van der Waals surface area contributed by atoms with Crippen LogP contribution in [0.5, 0.6) is 0 Å². The third-order valence-corrected chi connectivity index (χ3v) is 8.18. The molecule has 4 aromatic heterocycles. The Kier molecular flexibility index (Phi) is 5.07. The largest absolute Gasteiger partial charge is 0.307 e. The van der Waals surface area contributed by atoms with E-state index in [1.165, 1.54) is 10.8 Å². The molecule has 6 nitrogen and oxygen atoms in total. The van der Waals surface area contributed by atoms with Crippen LogP contribution in [-0.2, 0) is 17.9 Å². The molecule has 4 heterocycles. The van der Waals surface area contributed by atoms with Gasteiger partial charge in [-0.05, 0) is 42.1 Å². The summed E-state index contributed by atoms with van der Waals surface area (Å²) in [6, 6.07) is 19.5. The van der Waals surface area contributed by atoms with Gasteiger partial charge in [0.15, 0.2) is 12.0 Å². The van der Waals surface area contributed by atoms with Crippen molar-refractivity contribution in [1.82, 2.24) is 19.4 Å². The molecule has 0 aliphatic rings. The maximum atomic E-state index is 10.2. The summed E-state index contributed by atoms with van der Waals surface area (Å²) in [6.45, 7) is 15.0. The van der Waals surface area contributed by atoms with E-state index in [1.54, 1.807) is 0 Å². The van der Waals surface area contributed by atoms with Crippen LogP contribution in [0.4, 0.5) is 0 Å². The molecule has 0 aliphatic carbocycles. The molecular weight excluding hydrogens is 504 g/mol. The summed E-state index contributed by atoms with van der Waals surface area (Å²) in [7, 11) is 2.10. The average Bonchev–Trinajstić information content (AvgIpc) is 3.27. The van der Waals surface area contributed by atoms with Gasteiger partial charge in [-0.15, -0.1) is 0 Å². The third kappa shape index (κ3) is 3.55. The Bertz CT molecular complexity index is 2220. The van der Waals surface area contributed by atoms with Crippen molar-refractivity contribution >= 4 is 49.0 Å². The first-order valence-corrected chi connectivity index (χ1v) is 14.1. The first kappa shape index (κ1) is 25.3. The van der Waals surface area contributed by atoms with Crippen molar-refractivity contribution in [3.63, 3.8) is 0 Å². The Balaban J connectivity index is 1.73. The predicted molar refractivity (Wildman–Crippen MR) is 165 cm³/mol. The van der Waals surface area contributed by atoms with E-state index in [4.69, 9.17) is 15.0 Å². The first-order valence-electron chi connectivity index (χ1n) is 14.1. The summed E-state index contributed by atoms with van der Waals surface area (Å²) in [5, 5.41) is 15.8. The van der Waals surface area contributed by atoms with Crippen LogP contribution in [0.3, 0.4) is 0 Å². The SMILES string of the molecule is Cc1cc(C#N)c2c3ccccc3n3c4cc(-c5nc(C(C)(C)C)nc(C(C)(C)C)n5)cc5cc[n+](C)c(c1c23)c54. The summed E-state index contributed by atoms with van der Waals surface area (Å²) in [4.78, 5) is 15.0. The number of fused-ring (bicyclic) bond motifs is 5. The minimum absolute atomic E-state index is 0.226. The maximum absolute atomic E-state index is 10.2. The van der Waals surface area contributed by atoms with E-state index < -0.39 is 0 Å². The number of rotatable bonds is 1. The van der Waals surface area contributed by atoms with Gasteiger partial charge < -0.3 is 4.40 Å². The second kappa shape index (κ2) is 8.20. The van der Waals surface area contributed by atoms with Crippen LogP contribution < -0.4 is 4.57 Å². The average molecular weight is 538 g/mol. The zero-order valence-corrected chi connectivity index (χ0v) is 24.9. The molecule has 0 aliphatic heterocycles. The van der Waals surface area contributed by atoms with Crippen LogP contribution in [0.25, 0.3) is 60.4 Å². The molecule has 41 heavy (non-hydrogen) atoms. The second-order valence-electron chi connectivity index (χ2n) is 13.3. The van der Waals surface area contributed by atoms with Gasteiger partial charge in [0.1, 0.15) is 18.7 Å². The molecule has 202 valence electrons. The molecule has 0 bridgehead atoms. The molecule has 0 saturated carbocycles. The monoisotopic (exact) mass is 537 g/mol. The molecule has 0 amide bonds. The maximum Gasteiger partial charge on any atom is 0.224 e. The molecular formula is C35H33N6+. The summed E-state index contributed by atoms with van der Waals surface area (Å²) >= 11 is 0. The number of nitrogens with zero attached hydrogens (tertiary/aromatic N) is 6. The van der Waals surface area contributed by atoms with E-state index in [9.17, 15) is 5.26 Å². The normalized spacial score (nSPS) is 12.9. The fourth-order valence-electron chi connectivity index (χ4n) is 6.20. The highest BCUT2D eigenvalue weighted by molar-refractivity contribution is 6.27. The summed E-state index contributed by atoms with van der Waals surface area (Å²) in [5.74, 6) is 2.26. The van der Waals surface area contributed by atoms with E-state index in [0.717, 1.165) is 61.0 Å². The van der Waals surface area contributed by atoms with Gasteiger partial charge in [-0.3, -0.25) is 0 Å². The zero-order chi connectivity index (χ0) is 29.0. The minimum atomic E-state index is -0.226. The third-order valence-electron chi connectivity index (χ3n) is 8.18.